The molecule has 0 heterocycles. The third-order valence-electron chi connectivity index (χ3n) is 12.0. The lowest BCUT2D eigenvalue weighted by atomic mass is 10.0. The van der Waals surface area contributed by atoms with E-state index in [4.69, 9.17) is 9.05 Å². The fraction of sp³-hybridized carbons (Fsp3) is 0.941. The second kappa shape index (κ2) is 43.5. The third kappa shape index (κ3) is 45.3. The summed E-state index contributed by atoms with van der Waals surface area (Å²) in [7, 11) is 1.31. The highest BCUT2D eigenvalue weighted by molar-refractivity contribution is 7.45. The smallest absolute Gasteiger partial charge is 0.268 e. The van der Waals surface area contributed by atoms with Gasteiger partial charge < -0.3 is 28.8 Å². The number of phosphoric acid groups is 1. The molecule has 0 saturated carbocycles. The Morgan fingerprint density at radius 2 is 0.917 bits per heavy atom. The Kier molecular flexibility index (Phi) is 42.9. The normalized spacial score (nSPS) is 14.2. The Morgan fingerprint density at radius 3 is 1.30 bits per heavy atom. The first-order chi connectivity index (χ1) is 29.0. The minimum Gasteiger partial charge on any atom is -0.756 e. The Balaban J connectivity index is 4.24. The van der Waals surface area contributed by atoms with Gasteiger partial charge in [-0.3, -0.25) is 9.36 Å². The summed E-state index contributed by atoms with van der Waals surface area (Å²) in [6.07, 6.45) is 50.8. The molecule has 0 bridgehead atoms. The summed E-state index contributed by atoms with van der Waals surface area (Å²) in [5.41, 5.74) is 0. The van der Waals surface area contributed by atoms with Crippen LogP contribution < -0.4 is 10.2 Å². The van der Waals surface area contributed by atoms with Crippen molar-refractivity contribution >= 4 is 13.7 Å². The second-order valence-corrected chi connectivity index (χ2v) is 20.6. The summed E-state index contributed by atoms with van der Waals surface area (Å²) in [5.74, 6) is -0.166. The molecule has 0 spiro atoms. The van der Waals surface area contributed by atoms with E-state index >= 15 is 0 Å². The first-order valence-corrected chi connectivity index (χ1v) is 27.5. The number of carbonyl (C=O) groups excluding carboxylic acids is 1. The third-order valence-corrected chi connectivity index (χ3v) is 13.0. The number of carbonyl (C=O) groups is 1. The van der Waals surface area contributed by atoms with Gasteiger partial charge in [0.15, 0.2) is 0 Å². The van der Waals surface area contributed by atoms with E-state index in [1.165, 1.54) is 193 Å². The minimum atomic E-state index is -4.57. The monoisotopic (exact) mass is 871 g/mol. The van der Waals surface area contributed by atoms with Crippen LogP contribution in [0.25, 0.3) is 0 Å². The van der Waals surface area contributed by atoms with Crippen molar-refractivity contribution in [3.8, 4) is 0 Å². The lowest BCUT2D eigenvalue weighted by Crippen LogP contribution is -2.46. The Labute approximate surface area is 373 Å². The summed E-state index contributed by atoms with van der Waals surface area (Å²) >= 11 is 0. The number of amides is 1. The quantitative estimate of drug-likeness (QED) is 0.0273. The average Bonchev–Trinajstić information content (AvgIpc) is 3.20. The largest absolute Gasteiger partial charge is 0.756 e. The molecule has 0 fully saturated rings. The van der Waals surface area contributed by atoms with Crippen molar-refractivity contribution in [3.63, 3.8) is 0 Å². The van der Waals surface area contributed by atoms with Gasteiger partial charge in [-0.05, 0) is 38.5 Å². The van der Waals surface area contributed by atoms with Crippen molar-refractivity contribution < 1.29 is 32.9 Å². The van der Waals surface area contributed by atoms with E-state index < -0.39 is 20.0 Å². The Hall–Kier alpha value is -0.760. The molecule has 0 radical (unpaired) electrons. The van der Waals surface area contributed by atoms with Crippen LogP contribution in [0.2, 0.25) is 0 Å². The molecule has 1 amide bonds. The van der Waals surface area contributed by atoms with Crippen LogP contribution >= 0.6 is 7.82 Å². The lowest BCUT2D eigenvalue weighted by molar-refractivity contribution is -0.870. The van der Waals surface area contributed by atoms with Crippen LogP contribution in [-0.2, 0) is 18.4 Å². The SMILES string of the molecule is CCCCCCCCCC/C=C\CCCCCCCCCC(=O)NC(COP(=O)([O-])OCC[N+](C)(C)C)C(O)CCCCCCCCCCCCCCCCCCCCC. The zero-order valence-corrected chi connectivity index (χ0v) is 41.6. The van der Waals surface area contributed by atoms with Crippen molar-refractivity contribution in [1.82, 2.24) is 5.32 Å². The topological polar surface area (TPSA) is 108 Å². The number of phosphoric ester groups is 1. The van der Waals surface area contributed by atoms with Crippen LogP contribution in [0.4, 0.5) is 0 Å². The van der Waals surface area contributed by atoms with Gasteiger partial charge >= 0.3 is 0 Å². The molecular weight excluding hydrogens is 768 g/mol. The Morgan fingerprint density at radius 1 is 0.567 bits per heavy atom. The molecule has 0 saturated heterocycles. The van der Waals surface area contributed by atoms with E-state index in [1.54, 1.807) is 0 Å². The van der Waals surface area contributed by atoms with Crippen LogP contribution in [0.1, 0.15) is 258 Å². The Bertz CT molecular complexity index is 989. The molecule has 0 aliphatic heterocycles. The predicted molar refractivity (Wildman–Crippen MR) is 256 cm³/mol. The zero-order chi connectivity index (χ0) is 44.3. The highest BCUT2D eigenvalue weighted by Crippen LogP contribution is 2.38. The van der Waals surface area contributed by atoms with Gasteiger partial charge in [-0.15, -0.1) is 0 Å². The van der Waals surface area contributed by atoms with E-state index in [-0.39, 0.29) is 19.1 Å². The maximum atomic E-state index is 12.9. The van der Waals surface area contributed by atoms with Gasteiger partial charge in [-0.1, -0.05) is 225 Å². The fourth-order valence-corrected chi connectivity index (χ4v) is 8.58. The van der Waals surface area contributed by atoms with E-state index in [0.29, 0.717) is 23.9 Å². The van der Waals surface area contributed by atoms with Crippen molar-refractivity contribution in [2.24, 2.45) is 0 Å². The van der Waals surface area contributed by atoms with Gasteiger partial charge in [-0.2, -0.15) is 0 Å². The van der Waals surface area contributed by atoms with E-state index in [0.717, 1.165) is 38.5 Å². The number of nitrogens with zero attached hydrogens (tertiary/aromatic N) is 1. The van der Waals surface area contributed by atoms with E-state index in [2.05, 4.69) is 31.3 Å². The minimum absolute atomic E-state index is 0.0136. The molecule has 2 N–H and O–H groups in total. The number of quaternary nitrogens is 1. The molecule has 358 valence electrons. The molecule has 8 nitrogen and oxygen atoms in total. The predicted octanol–water partition coefficient (Wildman–Crippen LogP) is 14.5. The first-order valence-electron chi connectivity index (χ1n) is 26.0. The van der Waals surface area contributed by atoms with Gasteiger partial charge in [-0.25, -0.2) is 0 Å². The molecule has 0 aliphatic carbocycles. The number of rotatable bonds is 48. The average molecular weight is 871 g/mol. The highest BCUT2D eigenvalue weighted by atomic mass is 31.2. The van der Waals surface area contributed by atoms with Crippen LogP contribution in [-0.4, -0.2) is 68.5 Å². The summed E-state index contributed by atoms with van der Waals surface area (Å²) in [4.78, 5) is 25.4. The summed E-state index contributed by atoms with van der Waals surface area (Å²) in [5, 5.41) is 14.0. The summed E-state index contributed by atoms with van der Waals surface area (Å²) in [6, 6.07) is -0.799. The molecule has 0 aromatic carbocycles. The highest BCUT2D eigenvalue weighted by Gasteiger charge is 2.24. The van der Waals surface area contributed by atoms with Gasteiger partial charge in [0.2, 0.25) is 5.91 Å². The number of allylic oxidation sites excluding steroid dienone is 2. The molecule has 0 aliphatic rings. The molecule has 0 rings (SSSR count). The molecule has 0 aromatic heterocycles. The number of aliphatic hydroxyl groups excluding tert-OH is 1. The van der Waals surface area contributed by atoms with E-state index in [1.807, 2.05) is 21.1 Å². The van der Waals surface area contributed by atoms with Crippen LogP contribution in [0, 0.1) is 0 Å². The van der Waals surface area contributed by atoms with Crippen LogP contribution in [0.5, 0.6) is 0 Å². The molecule has 3 unspecified atom stereocenters. The van der Waals surface area contributed by atoms with Gasteiger partial charge in [0.1, 0.15) is 13.2 Å². The van der Waals surface area contributed by atoms with Crippen molar-refractivity contribution in [3.05, 3.63) is 12.2 Å². The first kappa shape index (κ1) is 59.2. The van der Waals surface area contributed by atoms with Crippen LogP contribution in [0.3, 0.4) is 0 Å². The summed E-state index contributed by atoms with van der Waals surface area (Å²) in [6.45, 7) is 4.75. The van der Waals surface area contributed by atoms with Crippen molar-refractivity contribution in [2.45, 2.75) is 270 Å². The van der Waals surface area contributed by atoms with E-state index in [9.17, 15) is 19.4 Å². The summed E-state index contributed by atoms with van der Waals surface area (Å²) < 4.78 is 23.4. The van der Waals surface area contributed by atoms with Gasteiger partial charge in [0, 0.05) is 6.42 Å². The molecule has 3 atom stereocenters. The molecule has 60 heavy (non-hydrogen) atoms. The molecule has 9 heteroatoms. The number of hydrogen-bond acceptors (Lipinski definition) is 6. The zero-order valence-electron chi connectivity index (χ0n) is 40.7. The van der Waals surface area contributed by atoms with Crippen molar-refractivity contribution in [2.75, 3.05) is 40.9 Å². The second-order valence-electron chi connectivity index (χ2n) is 19.2. The van der Waals surface area contributed by atoms with Crippen molar-refractivity contribution in [1.29, 1.82) is 0 Å². The van der Waals surface area contributed by atoms with Crippen LogP contribution in [0.15, 0.2) is 12.2 Å². The number of unbranched alkanes of at least 4 members (excludes halogenated alkanes) is 33. The van der Waals surface area contributed by atoms with Gasteiger partial charge in [0.25, 0.3) is 7.82 Å². The maximum Gasteiger partial charge on any atom is 0.268 e. The number of likely N-dealkylation sites (N-methyl/N-ethyl adjacent to an activating group) is 1. The molecular formula is C51H103N2O6P. The van der Waals surface area contributed by atoms with Gasteiger partial charge in [0.05, 0.1) is 39.9 Å². The molecule has 0 aromatic rings. The number of hydrogen-bond donors (Lipinski definition) is 2. The number of aliphatic hydroxyl groups is 1. The lowest BCUT2D eigenvalue weighted by Gasteiger charge is -2.30. The maximum absolute atomic E-state index is 12.9. The number of nitrogens with one attached hydrogen (secondary N) is 1. The fourth-order valence-electron chi connectivity index (χ4n) is 7.86. The standard InChI is InChI=1S/C51H103N2O6P/c1-6-8-10-12-14-16-18-20-22-24-26-28-30-32-34-36-38-40-42-44-50(54)49(48-59-60(56,57)58-47-46-53(3,4)5)52-51(55)45-43-41-39-37-35-33-31-29-27-25-23-21-19-17-15-13-11-9-7-2/h25,27,49-50,54H,6-24,26,28-48H2,1-5H3,(H-,52,55,56,57)/b27-25-.